The van der Waals surface area contributed by atoms with Gasteiger partial charge in [-0.1, -0.05) is 38.4 Å². The van der Waals surface area contributed by atoms with Gasteiger partial charge in [-0.05, 0) is 30.3 Å². The van der Waals surface area contributed by atoms with Crippen LogP contribution in [0, 0.1) is 0 Å². The summed E-state index contributed by atoms with van der Waals surface area (Å²) in [5.74, 6) is 0.839. The lowest BCUT2D eigenvalue weighted by atomic mass is 10.2. The third kappa shape index (κ3) is 3.24. The Bertz CT molecular complexity index is 399. The lowest BCUT2D eigenvalue weighted by Gasteiger charge is -2.37. The topological polar surface area (TPSA) is 35.2 Å². The number of hydrogen-bond donors (Lipinski definition) is 1. The predicted octanol–water partition coefficient (Wildman–Crippen LogP) is 4.18. The highest BCUT2D eigenvalue weighted by Crippen LogP contribution is 2.39. The van der Waals surface area contributed by atoms with Gasteiger partial charge in [0.1, 0.15) is 5.75 Å². The average molecular weight is 272 g/mol. The molecule has 0 aliphatic rings. The molecule has 0 saturated carbocycles. The predicted molar refractivity (Wildman–Crippen MR) is 77.2 cm³/mol. The lowest BCUT2D eigenvalue weighted by Crippen LogP contribution is -2.44. The van der Waals surface area contributed by atoms with Gasteiger partial charge in [0.2, 0.25) is 8.32 Å². The summed E-state index contributed by atoms with van der Waals surface area (Å²) in [5, 5.41) is 0.852. The third-order valence-corrected chi connectivity index (χ3v) is 8.15. The molecule has 96 valence electrons. The van der Waals surface area contributed by atoms with Gasteiger partial charge < -0.3 is 10.2 Å². The van der Waals surface area contributed by atoms with Crippen molar-refractivity contribution in [1.82, 2.24) is 0 Å². The molecule has 0 saturated heterocycles. The molecule has 1 aromatic carbocycles. The monoisotopic (exact) mass is 271 g/mol. The summed E-state index contributed by atoms with van der Waals surface area (Å²) in [6, 6.07) is 5.71. The fraction of sp³-hybridized carbons (Fsp3) is 0.538. The molecule has 0 radical (unpaired) electrons. The molecule has 0 aliphatic heterocycles. The van der Waals surface area contributed by atoms with Crippen LogP contribution >= 0.6 is 11.6 Å². The van der Waals surface area contributed by atoms with Gasteiger partial charge in [0.25, 0.3) is 0 Å². The van der Waals surface area contributed by atoms with Gasteiger partial charge in [0, 0.05) is 17.1 Å². The van der Waals surface area contributed by atoms with E-state index in [1.807, 2.05) is 18.2 Å². The Morgan fingerprint density at radius 2 is 1.88 bits per heavy atom. The molecule has 2 nitrogen and oxygen atoms in total. The van der Waals surface area contributed by atoms with Gasteiger partial charge in [0.15, 0.2) is 0 Å². The van der Waals surface area contributed by atoms with Gasteiger partial charge in [-0.15, -0.1) is 0 Å². The minimum atomic E-state index is -1.83. The first-order valence-corrected chi connectivity index (χ1v) is 9.14. The minimum absolute atomic E-state index is 0.168. The maximum absolute atomic E-state index is 6.24. The zero-order valence-electron chi connectivity index (χ0n) is 11.3. The van der Waals surface area contributed by atoms with E-state index >= 15 is 0 Å². The van der Waals surface area contributed by atoms with Crippen LogP contribution in [0.15, 0.2) is 18.2 Å². The molecule has 2 N–H and O–H groups in total. The Kier molecular flexibility index (Phi) is 4.28. The van der Waals surface area contributed by atoms with Crippen LogP contribution in [0.3, 0.4) is 0 Å². The summed E-state index contributed by atoms with van der Waals surface area (Å²) >= 11 is 6.13. The highest BCUT2D eigenvalue weighted by atomic mass is 35.5. The van der Waals surface area contributed by atoms with E-state index in [0.29, 0.717) is 11.6 Å². The molecule has 0 aliphatic carbocycles. The van der Waals surface area contributed by atoms with Crippen LogP contribution in [-0.4, -0.2) is 8.32 Å². The van der Waals surface area contributed by atoms with E-state index in [1.54, 1.807) is 0 Å². The van der Waals surface area contributed by atoms with Crippen molar-refractivity contribution in [2.45, 2.75) is 45.4 Å². The summed E-state index contributed by atoms with van der Waals surface area (Å²) in [6.07, 6.45) is 0. The molecular formula is C13H22ClNOSi. The molecule has 0 atom stereocenters. The van der Waals surface area contributed by atoms with Crippen LogP contribution in [-0.2, 0) is 6.54 Å². The fourth-order valence-electron chi connectivity index (χ4n) is 1.26. The largest absolute Gasteiger partial charge is 0.543 e. The first-order valence-electron chi connectivity index (χ1n) is 5.85. The maximum atomic E-state index is 6.24. The zero-order valence-corrected chi connectivity index (χ0v) is 13.1. The molecular weight excluding hydrogens is 250 g/mol. The first kappa shape index (κ1) is 14.5. The van der Waals surface area contributed by atoms with Crippen LogP contribution in [0.1, 0.15) is 26.3 Å². The smallest absolute Gasteiger partial charge is 0.250 e. The molecule has 1 rings (SSSR count). The van der Waals surface area contributed by atoms with Crippen molar-refractivity contribution in [3.05, 3.63) is 28.8 Å². The molecule has 4 heteroatoms. The molecule has 1 aromatic rings. The zero-order chi connectivity index (χ0) is 13.3. The molecule has 0 amide bonds. The average Bonchev–Trinajstić information content (AvgIpc) is 2.15. The number of halogens is 1. The van der Waals surface area contributed by atoms with Crippen LogP contribution in [0.5, 0.6) is 5.75 Å². The molecule has 0 spiro atoms. The summed E-state index contributed by atoms with van der Waals surface area (Å²) in [5.41, 5.74) is 6.63. The minimum Gasteiger partial charge on any atom is -0.543 e. The summed E-state index contributed by atoms with van der Waals surface area (Å²) in [7, 11) is -1.83. The SMILES string of the molecule is CC(C)(C)[Si](C)(C)Oc1cccc(Cl)c1CN. The second-order valence-electron chi connectivity index (χ2n) is 5.78. The van der Waals surface area contributed by atoms with Crippen molar-refractivity contribution < 1.29 is 4.43 Å². The Morgan fingerprint density at radius 3 is 2.35 bits per heavy atom. The Labute approximate surface area is 110 Å². The quantitative estimate of drug-likeness (QED) is 0.837. The normalized spacial score (nSPS) is 12.6. The van der Waals surface area contributed by atoms with Gasteiger partial charge >= 0.3 is 0 Å². The van der Waals surface area contributed by atoms with Crippen molar-refractivity contribution in [2.75, 3.05) is 0 Å². The summed E-state index contributed by atoms with van der Waals surface area (Å²) in [6.45, 7) is 11.5. The Hall–Kier alpha value is -0.513. The van der Waals surface area contributed by atoms with Gasteiger partial charge in [-0.25, -0.2) is 0 Å². The fourth-order valence-corrected chi connectivity index (χ4v) is 2.55. The highest BCUT2D eigenvalue weighted by Gasteiger charge is 2.39. The molecule has 0 unspecified atom stereocenters. The van der Waals surface area contributed by atoms with E-state index < -0.39 is 8.32 Å². The van der Waals surface area contributed by atoms with Crippen molar-refractivity contribution in [1.29, 1.82) is 0 Å². The van der Waals surface area contributed by atoms with E-state index in [0.717, 1.165) is 11.3 Å². The standard InChI is InChI=1S/C13H22ClNOSi/c1-13(2,3)17(4,5)16-12-8-6-7-11(14)10(12)9-15/h6-8H,9,15H2,1-5H3. The second-order valence-corrected chi connectivity index (χ2v) is 10.9. The highest BCUT2D eigenvalue weighted by molar-refractivity contribution is 6.74. The van der Waals surface area contributed by atoms with E-state index in [4.69, 9.17) is 21.8 Å². The Balaban J connectivity index is 3.08. The van der Waals surface area contributed by atoms with E-state index in [2.05, 4.69) is 33.9 Å². The maximum Gasteiger partial charge on any atom is 0.250 e. The number of hydrogen-bond acceptors (Lipinski definition) is 2. The number of benzene rings is 1. The van der Waals surface area contributed by atoms with Crippen LogP contribution < -0.4 is 10.2 Å². The van der Waals surface area contributed by atoms with Crippen LogP contribution in [0.4, 0.5) is 0 Å². The van der Waals surface area contributed by atoms with E-state index in [-0.39, 0.29) is 5.04 Å². The van der Waals surface area contributed by atoms with Crippen LogP contribution in [0.25, 0.3) is 0 Å². The second kappa shape index (κ2) is 5.00. The van der Waals surface area contributed by atoms with Crippen LogP contribution in [0.2, 0.25) is 23.2 Å². The molecule has 0 aromatic heterocycles. The summed E-state index contributed by atoms with van der Waals surface area (Å²) < 4.78 is 6.24. The molecule has 0 bridgehead atoms. The van der Waals surface area contributed by atoms with E-state index in [1.165, 1.54) is 0 Å². The van der Waals surface area contributed by atoms with Crippen molar-refractivity contribution >= 4 is 19.9 Å². The molecule has 0 heterocycles. The lowest BCUT2D eigenvalue weighted by molar-refractivity contribution is 0.487. The van der Waals surface area contributed by atoms with Gasteiger partial charge in [-0.2, -0.15) is 0 Å². The summed E-state index contributed by atoms with van der Waals surface area (Å²) in [4.78, 5) is 0. The van der Waals surface area contributed by atoms with E-state index in [9.17, 15) is 0 Å². The molecule has 17 heavy (non-hydrogen) atoms. The van der Waals surface area contributed by atoms with Gasteiger partial charge in [-0.3, -0.25) is 0 Å². The molecule has 0 fully saturated rings. The number of nitrogens with two attached hydrogens (primary N) is 1. The van der Waals surface area contributed by atoms with Gasteiger partial charge in [0.05, 0.1) is 0 Å². The Morgan fingerprint density at radius 1 is 1.29 bits per heavy atom. The van der Waals surface area contributed by atoms with Crippen molar-refractivity contribution in [2.24, 2.45) is 5.73 Å². The van der Waals surface area contributed by atoms with Crippen molar-refractivity contribution in [3.8, 4) is 5.75 Å². The number of rotatable bonds is 3. The van der Waals surface area contributed by atoms with Crippen molar-refractivity contribution in [3.63, 3.8) is 0 Å². The third-order valence-electron chi connectivity index (χ3n) is 3.45. The first-order chi connectivity index (χ1) is 7.69.